The van der Waals surface area contributed by atoms with Gasteiger partial charge < -0.3 is 19.4 Å². The molecule has 2 fully saturated rings. The molecule has 34 heavy (non-hydrogen) atoms. The van der Waals surface area contributed by atoms with E-state index in [0.717, 1.165) is 6.54 Å². The Balaban J connectivity index is 1.37. The SMILES string of the molecule is CCOC(=O)C1CCN(C(=O)[C@H]2Cc3ccccc3N3CCN(c4ccccc4F)C[C@@H]23)CC1. The van der Waals surface area contributed by atoms with Crippen molar-refractivity contribution in [3.8, 4) is 0 Å². The number of benzene rings is 2. The lowest BCUT2D eigenvalue weighted by Gasteiger charge is -2.50. The zero-order valence-electron chi connectivity index (χ0n) is 19.7. The van der Waals surface area contributed by atoms with Gasteiger partial charge in [0.1, 0.15) is 5.82 Å². The zero-order chi connectivity index (χ0) is 23.7. The van der Waals surface area contributed by atoms with Crippen LogP contribution in [0.25, 0.3) is 0 Å². The average Bonchev–Trinajstić information content (AvgIpc) is 2.88. The number of esters is 1. The van der Waals surface area contributed by atoms with Crippen molar-refractivity contribution in [3.63, 3.8) is 0 Å². The molecule has 180 valence electrons. The molecule has 6 nitrogen and oxygen atoms in total. The smallest absolute Gasteiger partial charge is 0.309 e. The highest BCUT2D eigenvalue weighted by atomic mass is 19.1. The van der Waals surface area contributed by atoms with E-state index in [4.69, 9.17) is 4.74 Å². The van der Waals surface area contributed by atoms with E-state index in [1.807, 2.05) is 36.1 Å². The molecule has 3 heterocycles. The predicted molar refractivity (Wildman–Crippen MR) is 129 cm³/mol. The van der Waals surface area contributed by atoms with Crippen molar-refractivity contribution in [2.75, 3.05) is 49.1 Å². The molecule has 0 aliphatic carbocycles. The first-order chi connectivity index (χ1) is 16.6. The van der Waals surface area contributed by atoms with E-state index < -0.39 is 0 Å². The number of piperazine rings is 1. The fourth-order valence-electron chi connectivity index (χ4n) is 5.80. The van der Waals surface area contributed by atoms with Crippen LogP contribution in [-0.4, -0.2) is 62.1 Å². The number of anilines is 2. The van der Waals surface area contributed by atoms with Gasteiger partial charge in [0.05, 0.1) is 30.2 Å². The van der Waals surface area contributed by atoms with E-state index in [-0.39, 0.29) is 35.6 Å². The lowest BCUT2D eigenvalue weighted by Crippen LogP contribution is -2.62. The highest BCUT2D eigenvalue weighted by Gasteiger charge is 2.43. The van der Waals surface area contributed by atoms with Gasteiger partial charge in [0, 0.05) is 38.4 Å². The Hall–Kier alpha value is -3.09. The number of rotatable bonds is 4. The van der Waals surface area contributed by atoms with Gasteiger partial charge in [0.25, 0.3) is 0 Å². The van der Waals surface area contributed by atoms with Crippen LogP contribution in [0.15, 0.2) is 48.5 Å². The Morgan fingerprint density at radius 1 is 0.971 bits per heavy atom. The maximum Gasteiger partial charge on any atom is 0.309 e. The third-order valence-corrected chi connectivity index (χ3v) is 7.56. The fraction of sp³-hybridized carbons (Fsp3) is 0.481. The molecule has 0 unspecified atom stereocenters. The molecule has 2 atom stereocenters. The summed E-state index contributed by atoms with van der Waals surface area (Å²) in [7, 11) is 0. The number of halogens is 1. The monoisotopic (exact) mass is 465 g/mol. The molecular formula is C27H32FN3O3. The van der Waals surface area contributed by atoms with E-state index in [2.05, 4.69) is 21.9 Å². The number of piperidine rings is 1. The quantitative estimate of drug-likeness (QED) is 0.647. The third-order valence-electron chi connectivity index (χ3n) is 7.56. The second kappa shape index (κ2) is 9.65. The summed E-state index contributed by atoms with van der Waals surface area (Å²) in [4.78, 5) is 32.3. The number of para-hydroxylation sites is 2. The summed E-state index contributed by atoms with van der Waals surface area (Å²) in [5.74, 6) is -0.569. The molecule has 7 heteroatoms. The summed E-state index contributed by atoms with van der Waals surface area (Å²) in [6.45, 7) is 5.40. The van der Waals surface area contributed by atoms with Crippen molar-refractivity contribution >= 4 is 23.3 Å². The molecule has 0 saturated carbocycles. The second-order valence-corrected chi connectivity index (χ2v) is 9.45. The van der Waals surface area contributed by atoms with Crippen LogP contribution in [0.3, 0.4) is 0 Å². The van der Waals surface area contributed by atoms with E-state index in [9.17, 15) is 14.0 Å². The van der Waals surface area contributed by atoms with Gasteiger partial charge >= 0.3 is 5.97 Å². The van der Waals surface area contributed by atoms with Crippen LogP contribution in [0, 0.1) is 17.7 Å². The third kappa shape index (κ3) is 4.24. The largest absolute Gasteiger partial charge is 0.466 e. The topological polar surface area (TPSA) is 53.1 Å². The van der Waals surface area contributed by atoms with Gasteiger partial charge in [0.2, 0.25) is 5.91 Å². The first-order valence-electron chi connectivity index (χ1n) is 12.4. The normalized spacial score (nSPS) is 22.7. The molecule has 2 aromatic carbocycles. The van der Waals surface area contributed by atoms with Crippen molar-refractivity contribution in [1.29, 1.82) is 0 Å². The summed E-state index contributed by atoms with van der Waals surface area (Å²) in [5.41, 5.74) is 2.98. The van der Waals surface area contributed by atoms with Crippen LogP contribution < -0.4 is 9.80 Å². The Morgan fingerprint density at radius 3 is 2.41 bits per heavy atom. The second-order valence-electron chi connectivity index (χ2n) is 9.45. The zero-order valence-corrected chi connectivity index (χ0v) is 19.7. The Labute approximate surface area is 200 Å². The molecular weight excluding hydrogens is 433 g/mol. The number of hydrogen-bond acceptors (Lipinski definition) is 5. The molecule has 5 rings (SSSR count). The van der Waals surface area contributed by atoms with Gasteiger partial charge in [-0.15, -0.1) is 0 Å². The van der Waals surface area contributed by atoms with Crippen molar-refractivity contribution in [1.82, 2.24) is 4.90 Å². The molecule has 3 aliphatic heterocycles. The Morgan fingerprint density at radius 2 is 1.68 bits per heavy atom. The summed E-state index contributed by atoms with van der Waals surface area (Å²) >= 11 is 0. The standard InChI is InChI=1S/C27H32FN3O3/c1-2-34-27(33)19-11-13-29(14-12-19)26(32)21-17-20-7-3-5-9-23(20)31-16-15-30(18-25(21)31)24-10-6-4-8-22(24)28/h3-10,19,21,25H,2,11-18H2,1H3/t21-,25-/m0/s1. The first-order valence-corrected chi connectivity index (χ1v) is 12.4. The van der Waals surface area contributed by atoms with Crippen LogP contribution in [0.1, 0.15) is 25.3 Å². The van der Waals surface area contributed by atoms with Gasteiger partial charge in [-0.3, -0.25) is 9.59 Å². The number of nitrogens with zero attached hydrogens (tertiary/aromatic N) is 3. The highest BCUT2D eigenvalue weighted by molar-refractivity contribution is 5.83. The predicted octanol–water partition coefficient (Wildman–Crippen LogP) is 3.49. The molecule has 0 N–H and O–H groups in total. The fourth-order valence-corrected chi connectivity index (χ4v) is 5.80. The van der Waals surface area contributed by atoms with E-state index in [1.54, 1.807) is 6.07 Å². The molecule has 2 saturated heterocycles. The summed E-state index contributed by atoms with van der Waals surface area (Å²) in [6, 6.07) is 15.2. The van der Waals surface area contributed by atoms with Gasteiger partial charge in [0.15, 0.2) is 0 Å². The van der Waals surface area contributed by atoms with Crippen LogP contribution >= 0.6 is 0 Å². The molecule has 0 aromatic heterocycles. The first kappa shape index (κ1) is 22.7. The number of amides is 1. The van der Waals surface area contributed by atoms with Gasteiger partial charge in [-0.2, -0.15) is 0 Å². The van der Waals surface area contributed by atoms with Crippen LogP contribution in [0.4, 0.5) is 15.8 Å². The number of carbonyl (C=O) groups is 2. The maximum atomic E-state index is 14.6. The number of hydrogen-bond donors (Lipinski definition) is 0. The molecule has 1 amide bonds. The molecule has 0 spiro atoms. The Bertz CT molecular complexity index is 1050. The summed E-state index contributed by atoms with van der Waals surface area (Å²) < 4.78 is 19.8. The van der Waals surface area contributed by atoms with Crippen LogP contribution in [-0.2, 0) is 20.7 Å². The van der Waals surface area contributed by atoms with E-state index in [1.165, 1.54) is 17.3 Å². The van der Waals surface area contributed by atoms with Crippen LogP contribution in [0.2, 0.25) is 0 Å². The van der Waals surface area contributed by atoms with Gasteiger partial charge in [-0.25, -0.2) is 4.39 Å². The van der Waals surface area contributed by atoms with E-state index in [0.29, 0.717) is 57.7 Å². The summed E-state index contributed by atoms with van der Waals surface area (Å²) in [5, 5.41) is 0. The minimum Gasteiger partial charge on any atom is -0.466 e. The molecule has 0 radical (unpaired) electrons. The van der Waals surface area contributed by atoms with Crippen molar-refractivity contribution in [3.05, 3.63) is 59.9 Å². The number of likely N-dealkylation sites (tertiary alicyclic amines) is 1. The van der Waals surface area contributed by atoms with Gasteiger partial charge in [-0.1, -0.05) is 30.3 Å². The number of fused-ring (bicyclic) bond motifs is 3. The van der Waals surface area contributed by atoms with Crippen molar-refractivity contribution in [2.24, 2.45) is 11.8 Å². The minimum atomic E-state index is -0.226. The molecule has 2 aromatic rings. The van der Waals surface area contributed by atoms with Crippen molar-refractivity contribution in [2.45, 2.75) is 32.2 Å². The molecule has 0 bridgehead atoms. The minimum absolute atomic E-state index is 0.0291. The average molecular weight is 466 g/mol. The number of carbonyl (C=O) groups excluding carboxylic acids is 2. The summed E-state index contributed by atoms with van der Waals surface area (Å²) in [6.07, 6.45) is 1.96. The Kier molecular flexibility index (Phi) is 6.44. The lowest BCUT2D eigenvalue weighted by molar-refractivity contribution is -0.152. The lowest BCUT2D eigenvalue weighted by atomic mass is 9.82. The van der Waals surface area contributed by atoms with Crippen molar-refractivity contribution < 1.29 is 18.7 Å². The maximum absolute atomic E-state index is 14.6. The van der Waals surface area contributed by atoms with Gasteiger partial charge in [-0.05, 0) is 49.9 Å². The number of ether oxygens (including phenoxy) is 1. The highest BCUT2D eigenvalue weighted by Crippen LogP contribution is 2.38. The van der Waals surface area contributed by atoms with E-state index >= 15 is 0 Å². The molecule has 3 aliphatic rings. The van der Waals surface area contributed by atoms with Crippen LogP contribution in [0.5, 0.6) is 0 Å².